The van der Waals surface area contributed by atoms with Crippen molar-refractivity contribution < 1.29 is 4.79 Å². The molecule has 0 spiro atoms. The number of hydrogen-bond acceptors (Lipinski definition) is 4. The third kappa shape index (κ3) is 3.26. The van der Waals surface area contributed by atoms with E-state index in [4.69, 9.17) is 0 Å². The lowest BCUT2D eigenvalue weighted by atomic mass is 10.1. The molecule has 6 heteroatoms. The number of carbonyl (C=O) groups excluding carboxylic acids is 1. The van der Waals surface area contributed by atoms with Crippen LogP contribution in [0.5, 0.6) is 0 Å². The van der Waals surface area contributed by atoms with Crippen LogP contribution in [0.25, 0.3) is 16.6 Å². The molecule has 0 saturated heterocycles. The van der Waals surface area contributed by atoms with Gasteiger partial charge >= 0.3 is 0 Å². The van der Waals surface area contributed by atoms with Crippen LogP contribution in [0, 0.1) is 6.92 Å². The van der Waals surface area contributed by atoms with E-state index in [1.165, 1.54) is 0 Å². The number of fused-ring (bicyclic) bond motifs is 3. The molecule has 27 heavy (non-hydrogen) atoms. The Morgan fingerprint density at radius 3 is 2.67 bits per heavy atom. The Labute approximate surface area is 157 Å². The summed E-state index contributed by atoms with van der Waals surface area (Å²) in [7, 11) is 0. The molecule has 4 aromatic rings. The monoisotopic (exact) mass is 359 g/mol. The summed E-state index contributed by atoms with van der Waals surface area (Å²) in [5.41, 5.74) is 4.85. The van der Waals surface area contributed by atoms with Crippen LogP contribution in [0.4, 0.5) is 0 Å². The number of aromatic nitrogens is 4. The van der Waals surface area contributed by atoms with E-state index in [1.54, 1.807) is 4.52 Å². The van der Waals surface area contributed by atoms with Gasteiger partial charge in [-0.3, -0.25) is 4.79 Å². The summed E-state index contributed by atoms with van der Waals surface area (Å²) in [6.45, 7) is 4.96. The lowest BCUT2D eigenvalue weighted by molar-refractivity contribution is -0.132. The van der Waals surface area contributed by atoms with E-state index in [-0.39, 0.29) is 5.91 Å². The molecule has 0 aliphatic carbocycles. The average molecular weight is 359 g/mol. The fourth-order valence-electron chi connectivity index (χ4n) is 3.46. The summed E-state index contributed by atoms with van der Waals surface area (Å²) in [6, 6.07) is 18.2. The molecule has 136 valence electrons. The number of tetrazole rings is 1. The number of hydrogen-bond donors (Lipinski definition) is 0. The van der Waals surface area contributed by atoms with Gasteiger partial charge in [-0.25, -0.2) is 0 Å². The molecule has 4 rings (SSSR count). The average Bonchev–Trinajstić information content (AvgIpc) is 3.17. The SMILES string of the molecule is CCC(=O)N(Cc1ccccc1)Cc1cc2cccc(C)c2n2nnnc12. The van der Waals surface area contributed by atoms with Gasteiger partial charge < -0.3 is 4.90 Å². The van der Waals surface area contributed by atoms with Gasteiger partial charge in [0, 0.05) is 30.5 Å². The Morgan fingerprint density at radius 1 is 1.07 bits per heavy atom. The highest BCUT2D eigenvalue weighted by Crippen LogP contribution is 2.23. The molecule has 2 heterocycles. The highest BCUT2D eigenvalue weighted by Gasteiger charge is 2.17. The predicted molar refractivity (Wildman–Crippen MR) is 104 cm³/mol. The Hall–Kier alpha value is -3.28. The van der Waals surface area contributed by atoms with Gasteiger partial charge in [-0.15, -0.1) is 5.10 Å². The first kappa shape index (κ1) is 17.1. The minimum Gasteiger partial charge on any atom is -0.334 e. The summed E-state index contributed by atoms with van der Waals surface area (Å²) in [4.78, 5) is 14.4. The van der Waals surface area contributed by atoms with E-state index < -0.39 is 0 Å². The lowest BCUT2D eigenvalue weighted by Crippen LogP contribution is -2.29. The fraction of sp³-hybridized carbons (Fsp3) is 0.238. The van der Waals surface area contributed by atoms with E-state index in [0.29, 0.717) is 25.2 Å². The Bertz CT molecular complexity index is 1100. The fourth-order valence-corrected chi connectivity index (χ4v) is 3.46. The van der Waals surface area contributed by atoms with Crippen molar-refractivity contribution in [2.45, 2.75) is 33.4 Å². The Balaban J connectivity index is 1.77. The van der Waals surface area contributed by atoms with Crippen molar-refractivity contribution in [3.05, 3.63) is 71.3 Å². The number of nitrogens with zero attached hydrogens (tertiary/aromatic N) is 5. The number of rotatable bonds is 5. The molecular formula is C21H21N5O. The van der Waals surface area contributed by atoms with Crippen LogP contribution in [-0.2, 0) is 17.9 Å². The highest BCUT2D eigenvalue weighted by molar-refractivity contribution is 5.86. The Morgan fingerprint density at radius 2 is 1.89 bits per heavy atom. The number of benzene rings is 2. The second kappa shape index (κ2) is 7.15. The number of pyridine rings is 1. The minimum absolute atomic E-state index is 0.105. The van der Waals surface area contributed by atoms with Gasteiger partial charge in [0.25, 0.3) is 0 Å². The van der Waals surface area contributed by atoms with Crippen LogP contribution >= 0.6 is 0 Å². The standard InChI is InChI=1S/C21H21N5O/c1-3-19(27)25(13-16-9-5-4-6-10-16)14-18-12-17-11-7-8-15(2)20(17)26-21(18)22-23-24-26/h4-12H,3,13-14H2,1-2H3. The quantitative estimate of drug-likeness (QED) is 0.547. The molecule has 0 saturated carbocycles. The summed E-state index contributed by atoms with van der Waals surface area (Å²) < 4.78 is 1.77. The maximum atomic E-state index is 12.6. The van der Waals surface area contributed by atoms with Crippen molar-refractivity contribution in [2.75, 3.05) is 0 Å². The summed E-state index contributed by atoms with van der Waals surface area (Å²) in [6.07, 6.45) is 0.459. The second-order valence-corrected chi connectivity index (χ2v) is 6.69. The molecule has 0 radical (unpaired) electrons. The van der Waals surface area contributed by atoms with Crippen LogP contribution in [0.1, 0.15) is 30.0 Å². The molecule has 0 unspecified atom stereocenters. The summed E-state index contributed by atoms with van der Waals surface area (Å²) in [5, 5.41) is 13.3. The zero-order valence-electron chi connectivity index (χ0n) is 15.5. The summed E-state index contributed by atoms with van der Waals surface area (Å²) >= 11 is 0. The van der Waals surface area contributed by atoms with Crippen LogP contribution in [0.15, 0.2) is 54.6 Å². The van der Waals surface area contributed by atoms with E-state index in [0.717, 1.165) is 27.6 Å². The molecule has 2 aromatic carbocycles. The van der Waals surface area contributed by atoms with Crippen molar-refractivity contribution >= 4 is 22.5 Å². The zero-order valence-corrected chi connectivity index (χ0v) is 15.5. The first-order valence-corrected chi connectivity index (χ1v) is 9.08. The third-order valence-electron chi connectivity index (χ3n) is 4.80. The van der Waals surface area contributed by atoms with E-state index in [2.05, 4.69) is 27.7 Å². The smallest absolute Gasteiger partial charge is 0.222 e. The lowest BCUT2D eigenvalue weighted by Gasteiger charge is -2.23. The molecule has 0 fully saturated rings. The van der Waals surface area contributed by atoms with E-state index in [1.807, 2.05) is 61.2 Å². The topological polar surface area (TPSA) is 63.4 Å². The van der Waals surface area contributed by atoms with Gasteiger partial charge in [-0.05, 0) is 34.5 Å². The third-order valence-corrected chi connectivity index (χ3v) is 4.80. The zero-order chi connectivity index (χ0) is 18.8. The second-order valence-electron chi connectivity index (χ2n) is 6.69. The van der Waals surface area contributed by atoms with E-state index in [9.17, 15) is 4.79 Å². The van der Waals surface area contributed by atoms with Crippen LogP contribution in [0.2, 0.25) is 0 Å². The molecule has 0 aliphatic rings. The van der Waals surface area contributed by atoms with Crippen molar-refractivity contribution in [2.24, 2.45) is 0 Å². The first-order chi connectivity index (χ1) is 13.2. The number of para-hydroxylation sites is 1. The number of carbonyl (C=O) groups is 1. The minimum atomic E-state index is 0.105. The molecule has 0 aliphatic heterocycles. The van der Waals surface area contributed by atoms with Gasteiger partial charge in [0.05, 0.1) is 5.52 Å². The van der Waals surface area contributed by atoms with Crippen molar-refractivity contribution in [3.8, 4) is 0 Å². The van der Waals surface area contributed by atoms with Crippen LogP contribution in [0.3, 0.4) is 0 Å². The van der Waals surface area contributed by atoms with Gasteiger partial charge in [0.1, 0.15) is 0 Å². The van der Waals surface area contributed by atoms with Crippen molar-refractivity contribution in [3.63, 3.8) is 0 Å². The molecule has 1 amide bonds. The molecule has 0 bridgehead atoms. The number of aryl methyl sites for hydroxylation is 1. The van der Waals surface area contributed by atoms with Crippen LogP contribution in [-0.4, -0.2) is 30.8 Å². The maximum Gasteiger partial charge on any atom is 0.222 e. The van der Waals surface area contributed by atoms with Gasteiger partial charge in [-0.2, -0.15) is 4.52 Å². The molecule has 0 atom stereocenters. The van der Waals surface area contributed by atoms with Gasteiger partial charge in [-0.1, -0.05) is 55.5 Å². The summed E-state index contributed by atoms with van der Waals surface area (Å²) in [5.74, 6) is 0.105. The molecule has 0 N–H and O–H groups in total. The van der Waals surface area contributed by atoms with Gasteiger partial charge in [0.15, 0.2) is 5.65 Å². The predicted octanol–water partition coefficient (Wildman–Crippen LogP) is 3.52. The van der Waals surface area contributed by atoms with Gasteiger partial charge in [0.2, 0.25) is 5.91 Å². The first-order valence-electron chi connectivity index (χ1n) is 9.08. The van der Waals surface area contributed by atoms with Crippen LogP contribution < -0.4 is 0 Å². The van der Waals surface area contributed by atoms with Crippen molar-refractivity contribution in [1.82, 2.24) is 24.9 Å². The normalized spacial score (nSPS) is 11.2. The number of amides is 1. The molecular weight excluding hydrogens is 338 g/mol. The van der Waals surface area contributed by atoms with Crippen molar-refractivity contribution in [1.29, 1.82) is 0 Å². The van der Waals surface area contributed by atoms with E-state index >= 15 is 0 Å². The molecule has 2 aromatic heterocycles. The highest BCUT2D eigenvalue weighted by atomic mass is 16.2. The maximum absolute atomic E-state index is 12.6. The Kier molecular flexibility index (Phi) is 4.54. The molecule has 6 nitrogen and oxygen atoms in total. The largest absolute Gasteiger partial charge is 0.334 e.